The molecule has 0 unspecified atom stereocenters. The zero-order valence-corrected chi connectivity index (χ0v) is 17.0. The highest BCUT2D eigenvalue weighted by Crippen LogP contribution is 2.39. The molecule has 0 saturated carbocycles. The van der Waals surface area contributed by atoms with Crippen LogP contribution in [0, 0.1) is 11.8 Å². The van der Waals surface area contributed by atoms with Crippen molar-refractivity contribution >= 4 is 0 Å². The largest absolute Gasteiger partial charge is 0.504 e. The van der Waals surface area contributed by atoms with Crippen LogP contribution in [-0.2, 0) is 12.8 Å². The second-order valence-corrected chi connectivity index (χ2v) is 7.96. The van der Waals surface area contributed by atoms with Crippen molar-refractivity contribution in [2.75, 3.05) is 0 Å². The molecule has 0 bridgehead atoms. The van der Waals surface area contributed by atoms with Crippen LogP contribution >= 0.6 is 0 Å². The summed E-state index contributed by atoms with van der Waals surface area (Å²) in [6.07, 6.45) is 0.216. The van der Waals surface area contributed by atoms with Crippen molar-refractivity contribution in [2.24, 2.45) is 11.8 Å². The van der Waals surface area contributed by atoms with Gasteiger partial charge in [0.25, 0.3) is 0 Å². The Bertz CT molecular complexity index is 816. The molecule has 0 saturated heterocycles. The third-order valence-corrected chi connectivity index (χ3v) is 5.41. The minimum atomic E-state index is -0.790. The molecule has 0 radical (unpaired) electrons. The van der Waals surface area contributed by atoms with Crippen LogP contribution in [0.2, 0.25) is 0 Å². The molecule has 0 fully saturated rings. The van der Waals surface area contributed by atoms with Crippen LogP contribution in [0.3, 0.4) is 0 Å². The Balaban J connectivity index is 2.35. The number of rotatable bonds is 9. The molecule has 0 heterocycles. The Hall–Kier alpha value is -2.84. The van der Waals surface area contributed by atoms with Gasteiger partial charge in [0.1, 0.15) is 0 Å². The summed E-state index contributed by atoms with van der Waals surface area (Å²) in [5, 5.41) is 78.5. The average Bonchev–Trinajstić information content (AvgIpc) is 2.65. The number of aliphatic hydroxyl groups is 2. The van der Waals surface area contributed by atoms with Crippen LogP contribution in [0.5, 0.6) is 34.5 Å². The number of benzene rings is 2. The molecule has 4 atom stereocenters. The van der Waals surface area contributed by atoms with Crippen LogP contribution in [0.1, 0.15) is 37.8 Å². The lowest BCUT2D eigenvalue weighted by Gasteiger charge is -2.30. The Labute approximate surface area is 174 Å². The summed E-state index contributed by atoms with van der Waals surface area (Å²) in [7, 11) is 0. The third-order valence-electron chi connectivity index (χ3n) is 5.41. The minimum absolute atomic E-state index is 0.207. The SMILES string of the molecule is C[C@@H](O)CC[C@H](Cc1cc(O)c(O)c(O)c1)[C@@H](Cc1cc(O)c(O)c(O)c1)[C@@H](C)O. The second-order valence-electron chi connectivity index (χ2n) is 7.96. The fraction of sp³-hybridized carbons (Fsp3) is 0.455. The smallest absolute Gasteiger partial charge is 0.200 e. The van der Waals surface area contributed by atoms with Gasteiger partial charge in [-0.05, 0) is 86.8 Å². The van der Waals surface area contributed by atoms with Crippen molar-refractivity contribution in [3.63, 3.8) is 0 Å². The van der Waals surface area contributed by atoms with Gasteiger partial charge in [-0.25, -0.2) is 0 Å². The molecular weight excluding hydrogens is 392 g/mol. The quantitative estimate of drug-likeness (QED) is 0.286. The van der Waals surface area contributed by atoms with Gasteiger partial charge < -0.3 is 40.9 Å². The van der Waals surface area contributed by atoms with Crippen molar-refractivity contribution in [1.29, 1.82) is 0 Å². The van der Waals surface area contributed by atoms with Crippen LogP contribution < -0.4 is 0 Å². The molecule has 2 aromatic rings. The maximum absolute atomic E-state index is 10.5. The maximum atomic E-state index is 10.5. The predicted molar refractivity (Wildman–Crippen MR) is 110 cm³/mol. The summed E-state index contributed by atoms with van der Waals surface area (Å²) in [5.74, 6) is -3.66. The van der Waals surface area contributed by atoms with E-state index in [4.69, 9.17) is 0 Å². The van der Waals surface area contributed by atoms with E-state index in [1.54, 1.807) is 13.8 Å². The number of hydrogen-bond donors (Lipinski definition) is 8. The van der Waals surface area contributed by atoms with Crippen molar-refractivity contribution in [1.82, 2.24) is 0 Å². The number of phenols is 6. The van der Waals surface area contributed by atoms with Gasteiger partial charge in [0, 0.05) is 0 Å². The number of aromatic hydroxyl groups is 6. The topological polar surface area (TPSA) is 162 Å². The Kier molecular flexibility index (Phi) is 7.64. The number of aliphatic hydroxyl groups excluding tert-OH is 2. The van der Waals surface area contributed by atoms with E-state index in [9.17, 15) is 40.9 Å². The second kappa shape index (κ2) is 9.77. The van der Waals surface area contributed by atoms with Gasteiger partial charge in [0.2, 0.25) is 0 Å². The summed E-state index contributed by atoms with van der Waals surface area (Å²) in [5.41, 5.74) is 1.05. The van der Waals surface area contributed by atoms with E-state index >= 15 is 0 Å². The minimum Gasteiger partial charge on any atom is -0.504 e. The highest BCUT2D eigenvalue weighted by atomic mass is 16.3. The van der Waals surface area contributed by atoms with Crippen molar-refractivity contribution in [3.05, 3.63) is 35.4 Å². The van der Waals surface area contributed by atoms with Gasteiger partial charge >= 0.3 is 0 Å². The molecular formula is C22H30O8. The molecule has 2 aromatic carbocycles. The Morgan fingerprint density at radius 3 is 1.40 bits per heavy atom. The molecule has 0 aliphatic rings. The van der Waals surface area contributed by atoms with Crippen LogP contribution in [0.25, 0.3) is 0 Å². The van der Waals surface area contributed by atoms with Gasteiger partial charge in [-0.15, -0.1) is 0 Å². The fourth-order valence-electron chi connectivity index (χ4n) is 3.79. The molecule has 0 aliphatic heterocycles. The van der Waals surface area contributed by atoms with E-state index in [0.717, 1.165) is 0 Å². The molecule has 8 N–H and O–H groups in total. The molecule has 0 aromatic heterocycles. The highest BCUT2D eigenvalue weighted by Gasteiger charge is 2.28. The summed E-state index contributed by atoms with van der Waals surface area (Å²) >= 11 is 0. The molecule has 8 heteroatoms. The van der Waals surface area contributed by atoms with E-state index in [1.807, 2.05) is 0 Å². The lowest BCUT2D eigenvalue weighted by atomic mass is 9.77. The molecule has 30 heavy (non-hydrogen) atoms. The van der Waals surface area contributed by atoms with E-state index in [0.29, 0.717) is 30.4 Å². The van der Waals surface area contributed by atoms with Gasteiger partial charge in [0.15, 0.2) is 34.5 Å². The normalized spacial score (nSPS) is 15.5. The zero-order valence-electron chi connectivity index (χ0n) is 17.0. The van der Waals surface area contributed by atoms with Crippen molar-refractivity contribution in [3.8, 4) is 34.5 Å². The molecule has 0 spiro atoms. The zero-order chi connectivity index (χ0) is 22.6. The van der Waals surface area contributed by atoms with Gasteiger partial charge in [-0.3, -0.25) is 0 Å². The van der Waals surface area contributed by atoms with E-state index in [2.05, 4.69) is 0 Å². The van der Waals surface area contributed by atoms with Gasteiger partial charge in [-0.2, -0.15) is 0 Å². The first-order valence-electron chi connectivity index (χ1n) is 9.83. The van der Waals surface area contributed by atoms with E-state index in [-0.39, 0.29) is 18.3 Å². The van der Waals surface area contributed by atoms with E-state index in [1.165, 1.54) is 24.3 Å². The first kappa shape index (κ1) is 23.4. The average molecular weight is 422 g/mol. The van der Waals surface area contributed by atoms with E-state index < -0.39 is 46.7 Å². The van der Waals surface area contributed by atoms with Gasteiger partial charge in [-0.1, -0.05) is 0 Å². The standard InChI is InChI=1S/C22H30O8/c1-11(23)3-4-15(5-13-7-17(25)21(29)18(26)8-13)16(12(2)24)6-14-9-19(27)22(30)20(28)10-14/h7-12,15-16,23-30H,3-6H2,1-2H3/t11-,12-,15-,16+/m1/s1. The monoisotopic (exact) mass is 422 g/mol. The highest BCUT2D eigenvalue weighted by molar-refractivity contribution is 5.52. The first-order valence-corrected chi connectivity index (χ1v) is 9.83. The molecule has 166 valence electrons. The molecule has 0 aliphatic carbocycles. The lowest BCUT2D eigenvalue weighted by molar-refractivity contribution is 0.0751. The van der Waals surface area contributed by atoms with Crippen LogP contribution in [0.4, 0.5) is 0 Å². The summed E-state index contributed by atoms with van der Waals surface area (Å²) < 4.78 is 0. The maximum Gasteiger partial charge on any atom is 0.200 e. The Morgan fingerprint density at radius 2 is 1.03 bits per heavy atom. The summed E-state index contributed by atoms with van der Waals surface area (Å²) in [6, 6.07) is 5.30. The van der Waals surface area contributed by atoms with Crippen LogP contribution in [-0.4, -0.2) is 53.1 Å². The van der Waals surface area contributed by atoms with Crippen molar-refractivity contribution in [2.45, 2.75) is 51.7 Å². The lowest BCUT2D eigenvalue weighted by Crippen LogP contribution is -2.30. The predicted octanol–water partition coefficient (Wildman–Crippen LogP) is 2.48. The van der Waals surface area contributed by atoms with Crippen LogP contribution in [0.15, 0.2) is 24.3 Å². The third kappa shape index (κ3) is 5.84. The van der Waals surface area contributed by atoms with Crippen molar-refractivity contribution < 1.29 is 40.9 Å². The summed E-state index contributed by atoms with van der Waals surface area (Å²) in [4.78, 5) is 0. The molecule has 2 rings (SSSR count). The fourth-order valence-corrected chi connectivity index (χ4v) is 3.79. The summed E-state index contributed by atoms with van der Waals surface area (Å²) in [6.45, 7) is 3.27. The number of phenolic OH excluding ortho intramolecular Hbond substituents is 6. The van der Waals surface area contributed by atoms with Gasteiger partial charge in [0.05, 0.1) is 12.2 Å². The molecule has 8 nitrogen and oxygen atoms in total. The first-order chi connectivity index (χ1) is 14.0. The Morgan fingerprint density at radius 1 is 0.633 bits per heavy atom. The number of hydrogen-bond acceptors (Lipinski definition) is 8. The molecule has 0 amide bonds.